The van der Waals surface area contributed by atoms with Crippen LogP contribution < -0.4 is 4.90 Å². The Morgan fingerprint density at radius 3 is 1.50 bits per heavy atom. The third-order valence-corrected chi connectivity index (χ3v) is 10.5. The second kappa shape index (κ2) is 12.0. The highest BCUT2D eigenvalue weighted by Crippen LogP contribution is 2.47. The molecule has 0 atom stereocenters. The van der Waals surface area contributed by atoms with Gasteiger partial charge in [0.25, 0.3) is 0 Å². The van der Waals surface area contributed by atoms with Gasteiger partial charge in [-0.3, -0.25) is 0 Å². The van der Waals surface area contributed by atoms with Crippen LogP contribution in [-0.4, -0.2) is 0 Å². The summed E-state index contributed by atoms with van der Waals surface area (Å²) < 4.78 is 2.57. The SMILES string of the molecule is c1ccc(-c2ccc(N(c3ccc(-c4ccccc4)cc3)c3cc(-c4ccc5ccccc5c4)cc4c3sc3ccccc34)cc2)cc1. The van der Waals surface area contributed by atoms with Crippen molar-refractivity contribution in [2.24, 2.45) is 0 Å². The maximum atomic E-state index is 2.44. The van der Waals surface area contributed by atoms with Crippen LogP contribution in [0.25, 0.3) is 64.3 Å². The fraction of sp³-hybridized carbons (Fsp3) is 0. The van der Waals surface area contributed by atoms with Crippen LogP contribution in [0.15, 0.2) is 188 Å². The summed E-state index contributed by atoms with van der Waals surface area (Å²) in [6, 6.07) is 68.2. The molecule has 0 spiro atoms. The molecule has 0 bridgehead atoms. The van der Waals surface area contributed by atoms with Crippen molar-refractivity contribution < 1.29 is 0 Å². The van der Waals surface area contributed by atoms with Gasteiger partial charge in [0.15, 0.2) is 0 Å². The van der Waals surface area contributed by atoms with Gasteiger partial charge >= 0.3 is 0 Å². The Hall–Kier alpha value is -5.96. The summed E-state index contributed by atoms with van der Waals surface area (Å²) in [5.41, 5.74) is 10.7. The molecule has 8 aromatic carbocycles. The quantitative estimate of drug-likeness (QED) is 0.177. The third-order valence-electron chi connectivity index (χ3n) is 9.25. The minimum absolute atomic E-state index is 1.12. The minimum Gasteiger partial charge on any atom is -0.309 e. The van der Waals surface area contributed by atoms with E-state index in [1.54, 1.807) is 0 Å². The van der Waals surface area contributed by atoms with E-state index < -0.39 is 0 Å². The predicted octanol–water partition coefficient (Wildman–Crippen LogP) is 13.7. The van der Waals surface area contributed by atoms with Gasteiger partial charge in [-0.15, -0.1) is 11.3 Å². The van der Waals surface area contributed by atoms with E-state index in [0.29, 0.717) is 0 Å². The normalized spacial score (nSPS) is 11.3. The number of hydrogen-bond donors (Lipinski definition) is 0. The second-order valence-corrected chi connectivity index (χ2v) is 13.2. The van der Waals surface area contributed by atoms with Crippen LogP contribution in [0.1, 0.15) is 0 Å². The van der Waals surface area contributed by atoms with Gasteiger partial charge in [-0.2, -0.15) is 0 Å². The van der Waals surface area contributed by atoms with Gasteiger partial charge in [-0.25, -0.2) is 0 Å². The molecular formula is C46H31NS. The maximum Gasteiger partial charge on any atom is 0.0646 e. The number of benzene rings is 8. The summed E-state index contributed by atoms with van der Waals surface area (Å²) in [6.45, 7) is 0. The van der Waals surface area contributed by atoms with Crippen molar-refractivity contribution >= 4 is 59.3 Å². The van der Waals surface area contributed by atoms with E-state index in [1.165, 1.54) is 70.0 Å². The lowest BCUT2D eigenvalue weighted by Crippen LogP contribution is -2.10. The van der Waals surface area contributed by atoms with Gasteiger partial charge in [0.05, 0.1) is 10.4 Å². The lowest BCUT2D eigenvalue weighted by Gasteiger charge is -2.27. The Morgan fingerprint density at radius 1 is 0.333 bits per heavy atom. The van der Waals surface area contributed by atoms with E-state index in [4.69, 9.17) is 0 Å². The average molecular weight is 630 g/mol. The number of thiophene rings is 1. The molecule has 226 valence electrons. The number of nitrogens with zero attached hydrogens (tertiary/aromatic N) is 1. The fourth-order valence-electron chi connectivity index (χ4n) is 6.80. The van der Waals surface area contributed by atoms with E-state index in [1.807, 2.05) is 11.3 Å². The highest BCUT2D eigenvalue weighted by atomic mass is 32.1. The summed E-state index contributed by atoms with van der Waals surface area (Å²) in [7, 11) is 0. The van der Waals surface area contributed by atoms with E-state index in [9.17, 15) is 0 Å². The molecule has 1 nitrogen and oxygen atoms in total. The van der Waals surface area contributed by atoms with Gasteiger partial charge in [-0.1, -0.05) is 140 Å². The summed E-state index contributed by atoms with van der Waals surface area (Å²) in [5, 5.41) is 5.07. The third kappa shape index (κ3) is 5.13. The Morgan fingerprint density at radius 2 is 0.854 bits per heavy atom. The first-order valence-electron chi connectivity index (χ1n) is 16.3. The summed E-state index contributed by atoms with van der Waals surface area (Å²) in [6.07, 6.45) is 0. The van der Waals surface area contributed by atoms with Crippen molar-refractivity contribution in [1.29, 1.82) is 0 Å². The van der Waals surface area contributed by atoms with Crippen LogP contribution in [0.5, 0.6) is 0 Å². The van der Waals surface area contributed by atoms with Crippen LogP contribution in [0.2, 0.25) is 0 Å². The van der Waals surface area contributed by atoms with Crippen LogP contribution in [0, 0.1) is 0 Å². The lowest BCUT2D eigenvalue weighted by atomic mass is 9.98. The highest BCUT2D eigenvalue weighted by Gasteiger charge is 2.20. The number of anilines is 3. The van der Waals surface area contributed by atoms with Crippen molar-refractivity contribution in [1.82, 2.24) is 0 Å². The number of fused-ring (bicyclic) bond motifs is 4. The second-order valence-electron chi connectivity index (χ2n) is 12.2. The molecule has 9 aromatic rings. The van der Waals surface area contributed by atoms with Crippen molar-refractivity contribution in [3.05, 3.63) is 188 Å². The van der Waals surface area contributed by atoms with Crippen LogP contribution in [0.3, 0.4) is 0 Å². The molecule has 1 heterocycles. The Labute approximate surface area is 284 Å². The molecule has 9 rings (SSSR count). The topological polar surface area (TPSA) is 3.24 Å². The minimum atomic E-state index is 1.12. The van der Waals surface area contributed by atoms with E-state index in [2.05, 4.69) is 193 Å². The van der Waals surface area contributed by atoms with E-state index in [0.717, 1.165) is 11.4 Å². The zero-order valence-corrected chi connectivity index (χ0v) is 27.1. The first-order chi connectivity index (χ1) is 23.8. The molecule has 0 amide bonds. The summed E-state index contributed by atoms with van der Waals surface area (Å²) in [4.78, 5) is 2.44. The zero-order chi connectivity index (χ0) is 31.9. The molecule has 0 aliphatic carbocycles. The van der Waals surface area contributed by atoms with Crippen molar-refractivity contribution in [3.8, 4) is 33.4 Å². The van der Waals surface area contributed by atoms with Crippen molar-refractivity contribution in [2.75, 3.05) is 4.90 Å². The molecule has 2 heteroatoms. The molecule has 0 saturated carbocycles. The van der Waals surface area contributed by atoms with Gasteiger partial charge in [0.1, 0.15) is 0 Å². The maximum absolute atomic E-state index is 2.44. The van der Waals surface area contributed by atoms with E-state index >= 15 is 0 Å². The summed E-state index contributed by atoms with van der Waals surface area (Å²) >= 11 is 1.87. The van der Waals surface area contributed by atoms with Crippen LogP contribution in [-0.2, 0) is 0 Å². The first-order valence-corrected chi connectivity index (χ1v) is 17.2. The molecule has 0 N–H and O–H groups in total. The van der Waals surface area contributed by atoms with E-state index in [-0.39, 0.29) is 0 Å². The Bertz CT molecular complexity index is 2450. The van der Waals surface area contributed by atoms with Crippen LogP contribution >= 0.6 is 11.3 Å². The smallest absolute Gasteiger partial charge is 0.0646 e. The van der Waals surface area contributed by atoms with Gasteiger partial charge in [0.2, 0.25) is 0 Å². The zero-order valence-electron chi connectivity index (χ0n) is 26.3. The van der Waals surface area contributed by atoms with Gasteiger partial charge < -0.3 is 4.90 Å². The Kier molecular flexibility index (Phi) is 7.07. The molecule has 0 radical (unpaired) electrons. The Balaban J connectivity index is 1.27. The average Bonchev–Trinajstić information content (AvgIpc) is 3.55. The molecule has 0 saturated heterocycles. The molecule has 0 unspecified atom stereocenters. The molecule has 48 heavy (non-hydrogen) atoms. The van der Waals surface area contributed by atoms with Crippen molar-refractivity contribution in [2.45, 2.75) is 0 Å². The van der Waals surface area contributed by atoms with Crippen LogP contribution in [0.4, 0.5) is 17.1 Å². The fourth-order valence-corrected chi connectivity index (χ4v) is 7.99. The highest BCUT2D eigenvalue weighted by molar-refractivity contribution is 7.26. The molecule has 0 aliphatic rings. The standard InChI is InChI=1S/C46H31NS/c1-3-11-32(12-4-1)35-21-25-40(26-22-35)47(41-27-23-36(24-28-41)33-13-5-2-6-14-33)44-31-39(38-20-19-34-15-7-8-16-37(34)29-38)30-43-42-17-9-10-18-45(42)48-46(43)44/h1-31H. The lowest BCUT2D eigenvalue weighted by molar-refractivity contribution is 1.30. The molecule has 1 aromatic heterocycles. The molecule has 0 fully saturated rings. The predicted molar refractivity (Wildman–Crippen MR) is 208 cm³/mol. The molecule has 0 aliphatic heterocycles. The molecular weight excluding hydrogens is 599 g/mol. The monoisotopic (exact) mass is 629 g/mol. The van der Waals surface area contributed by atoms with Crippen molar-refractivity contribution in [3.63, 3.8) is 0 Å². The largest absolute Gasteiger partial charge is 0.309 e. The summed E-state index contributed by atoms with van der Waals surface area (Å²) in [5.74, 6) is 0. The first kappa shape index (κ1) is 28.3. The number of hydrogen-bond acceptors (Lipinski definition) is 2. The van der Waals surface area contributed by atoms with Gasteiger partial charge in [0, 0.05) is 26.8 Å². The number of rotatable bonds is 6. The van der Waals surface area contributed by atoms with Gasteiger partial charge in [-0.05, 0) is 92.7 Å².